The number of aliphatic hydroxyl groups is 1. The summed E-state index contributed by atoms with van der Waals surface area (Å²) < 4.78 is 6.35. The fourth-order valence-corrected chi connectivity index (χ4v) is 5.46. The van der Waals surface area contributed by atoms with E-state index in [0.717, 1.165) is 37.7 Å². The maximum Gasteiger partial charge on any atom is 0.319 e. The third kappa shape index (κ3) is 4.38. The molecule has 0 saturated heterocycles. The summed E-state index contributed by atoms with van der Waals surface area (Å²) in [4.78, 5) is 25.8. The third-order valence-corrected chi connectivity index (χ3v) is 7.31. The van der Waals surface area contributed by atoms with Crippen LogP contribution in [-0.4, -0.2) is 16.9 Å². The highest BCUT2D eigenvalue weighted by molar-refractivity contribution is 6.34. The molecule has 1 spiro atoms. The lowest BCUT2D eigenvalue weighted by Gasteiger charge is -2.43. The van der Waals surface area contributed by atoms with Gasteiger partial charge in [-0.15, -0.1) is 0 Å². The SMILES string of the molecule is O=C1Nc2c(Cl)ccc(Oc3c(Cl)cccc3C(=O)C(O)c3ccccc3)c2C2(CCCCC2)N1. The number of nitrogens with one attached hydrogen (secondary N) is 2. The van der Waals surface area contributed by atoms with E-state index in [1.54, 1.807) is 54.6 Å². The van der Waals surface area contributed by atoms with Crippen molar-refractivity contribution in [3.8, 4) is 11.5 Å². The van der Waals surface area contributed by atoms with Crippen molar-refractivity contribution in [2.45, 2.75) is 43.7 Å². The summed E-state index contributed by atoms with van der Waals surface area (Å²) in [6.45, 7) is 0. The summed E-state index contributed by atoms with van der Waals surface area (Å²) in [7, 11) is 0. The molecule has 8 heteroatoms. The second-order valence-corrected chi connectivity index (χ2v) is 9.73. The Morgan fingerprint density at radius 1 is 0.943 bits per heavy atom. The largest absolute Gasteiger partial charge is 0.455 e. The number of carbonyl (C=O) groups excluding carboxylic acids is 2. The lowest BCUT2D eigenvalue weighted by Crippen LogP contribution is -2.52. The zero-order valence-corrected chi connectivity index (χ0v) is 20.3. The number of ketones is 1. The maximum atomic E-state index is 13.3. The number of para-hydroxylation sites is 1. The molecule has 0 aromatic heterocycles. The van der Waals surface area contributed by atoms with E-state index in [2.05, 4.69) is 10.6 Å². The molecule has 1 unspecified atom stereocenters. The molecule has 180 valence electrons. The molecule has 2 amide bonds. The normalized spacial score (nSPS) is 17.2. The number of anilines is 1. The molecule has 5 rings (SSSR count). The van der Waals surface area contributed by atoms with Gasteiger partial charge in [-0.25, -0.2) is 4.79 Å². The minimum atomic E-state index is -1.37. The first-order valence-electron chi connectivity index (χ1n) is 11.6. The third-order valence-electron chi connectivity index (χ3n) is 6.70. The fraction of sp³-hybridized carbons (Fsp3) is 0.259. The fourth-order valence-electron chi connectivity index (χ4n) is 5.05. The minimum absolute atomic E-state index is 0.140. The Morgan fingerprint density at radius 3 is 2.43 bits per heavy atom. The molecule has 35 heavy (non-hydrogen) atoms. The average molecular weight is 511 g/mol. The molecule has 0 radical (unpaired) electrons. The van der Waals surface area contributed by atoms with Crippen molar-refractivity contribution in [3.05, 3.63) is 87.4 Å². The van der Waals surface area contributed by atoms with Crippen LogP contribution < -0.4 is 15.4 Å². The summed E-state index contributed by atoms with van der Waals surface area (Å²) in [5.41, 5.74) is 1.24. The highest BCUT2D eigenvalue weighted by Crippen LogP contribution is 2.50. The second-order valence-electron chi connectivity index (χ2n) is 8.91. The standard InChI is InChI=1S/C27H24Cl2N2O4/c28-18-12-13-20(21-22(18)30-26(34)31-27(21)14-5-2-6-15-27)35-25-17(10-7-11-19(25)29)24(33)23(32)16-8-3-1-4-9-16/h1,3-4,7-13,23,32H,2,5-6,14-15H2,(H2,30,31,34). The summed E-state index contributed by atoms with van der Waals surface area (Å²) in [5.74, 6) is 0.0482. The maximum absolute atomic E-state index is 13.3. The number of amides is 2. The zero-order chi connectivity index (χ0) is 24.6. The van der Waals surface area contributed by atoms with Gasteiger partial charge in [0.25, 0.3) is 0 Å². The highest BCUT2D eigenvalue weighted by atomic mass is 35.5. The number of halogens is 2. The second kappa shape index (κ2) is 9.53. The molecular weight excluding hydrogens is 487 g/mol. The Labute approximate surface area is 213 Å². The molecule has 1 aliphatic heterocycles. The number of aliphatic hydroxyl groups excluding tert-OH is 1. The molecule has 1 heterocycles. The Bertz CT molecular complexity index is 1290. The van der Waals surface area contributed by atoms with Crippen LogP contribution in [0.1, 0.15) is 59.7 Å². The first-order valence-corrected chi connectivity index (χ1v) is 12.3. The van der Waals surface area contributed by atoms with Gasteiger partial charge < -0.3 is 20.5 Å². The summed E-state index contributed by atoms with van der Waals surface area (Å²) >= 11 is 13.0. The van der Waals surface area contributed by atoms with Gasteiger partial charge in [0.2, 0.25) is 0 Å². The molecule has 1 fully saturated rings. The molecule has 1 aliphatic carbocycles. The van der Waals surface area contributed by atoms with Crippen molar-refractivity contribution in [1.82, 2.24) is 5.32 Å². The van der Waals surface area contributed by atoms with Gasteiger partial charge in [0.15, 0.2) is 11.5 Å². The van der Waals surface area contributed by atoms with Crippen LogP contribution in [0.5, 0.6) is 11.5 Å². The lowest BCUT2D eigenvalue weighted by atomic mass is 9.74. The summed E-state index contributed by atoms with van der Waals surface area (Å²) in [6, 6.07) is 16.6. The van der Waals surface area contributed by atoms with Crippen molar-refractivity contribution in [2.75, 3.05) is 5.32 Å². The number of hydrogen-bond acceptors (Lipinski definition) is 4. The monoisotopic (exact) mass is 510 g/mol. The molecule has 3 N–H and O–H groups in total. The molecular formula is C27H24Cl2N2O4. The molecule has 3 aromatic carbocycles. The minimum Gasteiger partial charge on any atom is -0.455 e. The number of fused-ring (bicyclic) bond motifs is 2. The predicted molar refractivity (Wildman–Crippen MR) is 136 cm³/mol. The van der Waals surface area contributed by atoms with Crippen LogP contribution in [0.15, 0.2) is 60.7 Å². The van der Waals surface area contributed by atoms with Gasteiger partial charge >= 0.3 is 6.03 Å². The first-order chi connectivity index (χ1) is 16.9. The van der Waals surface area contributed by atoms with E-state index >= 15 is 0 Å². The van der Waals surface area contributed by atoms with Crippen LogP contribution in [-0.2, 0) is 5.54 Å². The Balaban J connectivity index is 1.59. The summed E-state index contributed by atoms with van der Waals surface area (Å²) in [6.07, 6.45) is 3.09. The van der Waals surface area contributed by atoms with E-state index < -0.39 is 17.4 Å². The molecule has 0 bridgehead atoms. The molecule has 2 aliphatic rings. The van der Waals surface area contributed by atoms with Crippen LogP contribution in [0, 0.1) is 0 Å². The van der Waals surface area contributed by atoms with Gasteiger partial charge in [0, 0.05) is 5.56 Å². The highest BCUT2D eigenvalue weighted by Gasteiger charge is 2.44. The van der Waals surface area contributed by atoms with E-state index in [-0.39, 0.29) is 22.4 Å². The number of carbonyl (C=O) groups is 2. The number of urea groups is 1. The predicted octanol–water partition coefficient (Wildman–Crippen LogP) is 7.00. The molecule has 1 saturated carbocycles. The number of hydrogen-bond donors (Lipinski definition) is 3. The van der Waals surface area contributed by atoms with E-state index in [1.165, 1.54) is 0 Å². The van der Waals surface area contributed by atoms with Crippen molar-refractivity contribution < 1.29 is 19.4 Å². The van der Waals surface area contributed by atoms with Crippen molar-refractivity contribution in [3.63, 3.8) is 0 Å². The quantitative estimate of drug-likeness (QED) is 0.322. The zero-order valence-electron chi connectivity index (χ0n) is 18.8. The van der Waals surface area contributed by atoms with Gasteiger partial charge in [-0.3, -0.25) is 4.79 Å². The van der Waals surface area contributed by atoms with E-state index in [1.807, 2.05) is 6.07 Å². The number of Topliss-reactive ketones (excluding diaryl/α,β-unsaturated/α-hetero) is 1. The van der Waals surface area contributed by atoms with Crippen molar-refractivity contribution >= 4 is 40.7 Å². The van der Waals surface area contributed by atoms with E-state index in [4.69, 9.17) is 27.9 Å². The Hall–Kier alpha value is -3.06. The summed E-state index contributed by atoms with van der Waals surface area (Å²) in [5, 5.41) is 17.3. The Kier molecular flexibility index (Phi) is 6.45. The van der Waals surface area contributed by atoms with Gasteiger partial charge in [0.05, 0.1) is 26.8 Å². The van der Waals surface area contributed by atoms with Gasteiger partial charge in [-0.2, -0.15) is 0 Å². The van der Waals surface area contributed by atoms with Gasteiger partial charge in [-0.1, -0.05) is 78.9 Å². The van der Waals surface area contributed by atoms with Crippen molar-refractivity contribution in [2.24, 2.45) is 0 Å². The van der Waals surface area contributed by atoms with Gasteiger partial charge in [-0.05, 0) is 42.7 Å². The first kappa shape index (κ1) is 23.7. The van der Waals surface area contributed by atoms with E-state index in [9.17, 15) is 14.7 Å². The van der Waals surface area contributed by atoms with Crippen LogP contribution in [0.4, 0.5) is 10.5 Å². The van der Waals surface area contributed by atoms with Crippen LogP contribution in [0.3, 0.4) is 0 Å². The number of ether oxygens (including phenoxy) is 1. The van der Waals surface area contributed by atoms with E-state index in [0.29, 0.717) is 22.0 Å². The molecule has 1 atom stereocenters. The topological polar surface area (TPSA) is 87.7 Å². The number of benzene rings is 3. The van der Waals surface area contributed by atoms with Crippen LogP contribution >= 0.6 is 23.2 Å². The average Bonchev–Trinajstić information content (AvgIpc) is 2.87. The molecule has 3 aromatic rings. The van der Waals surface area contributed by atoms with Gasteiger partial charge in [0.1, 0.15) is 11.9 Å². The lowest BCUT2D eigenvalue weighted by molar-refractivity contribution is 0.0745. The van der Waals surface area contributed by atoms with Crippen molar-refractivity contribution in [1.29, 1.82) is 0 Å². The smallest absolute Gasteiger partial charge is 0.319 e. The molecule has 6 nitrogen and oxygen atoms in total. The number of rotatable bonds is 5. The Morgan fingerprint density at radius 2 is 1.69 bits per heavy atom. The van der Waals surface area contributed by atoms with Crippen LogP contribution in [0.2, 0.25) is 10.0 Å². The van der Waals surface area contributed by atoms with Crippen LogP contribution in [0.25, 0.3) is 0 Å².